The SMILES string of the molecule is COc1ccc(OCCOc2ccc(/C=C(/C#N)C(=O)Nc3nc(S(=O)(=O)CC(C)C)ns3)cc2)cc1. The minimum atomic E-state index is -3.65. The van der Waals surface area contributed by atoms with Crippen molar-refractivity contribution in [1.82, 2.24) is 9.36 Å². The molecule has 1 amide bonds. The zero-order valence-electron chi connectivity index (χ0n) is 20.5. The Labute approximate surface area is 219 Å². The molecule has 0 bridgehead atoms. The number of amides is 1. The number of aromatic nitrogens is 2. The molecule has 0 saturated carbocycles. The third-order valence-electron chi connectivity index (χ3n) is 4.70. The number of nitriles is 1. The predicted molar refractivity (Wildman–Crippen MR) is 139 cm³/mol. The normalized spacial score (nSPS) is 11.6. The van der Waals surface area contributed by atoms with E-state index in [1.54, 1.807) is 45.2 Å². The molecule has 0 fully saturated rings. The molecule has 10 nitrogen and oxygen atoms in total. The third kappa shape index (κ3) is 8.30. The first-order valence-corrected chi connectivity index (χ1v) is 13.6. The molecule has 0 aliphatic heterocycles. The van der Waals surface area contributed by atoms with Crippen LogP contribution in [0.5, 0.6) is 17.2 Å². The lowest BCUT2D eigenvalue weighted by molar-refractivity contribution is -0.112. The predicted octanol–water partition coefficient (Wildman–Crippen LogP) is 3.98. The van der Waals surface area contributed by atoms with Crippen LogP contribution in [0.3, 0.4) is 0 Å². The van der Waals surface area contributed by atoms with Gasteiger partial charge in [-0.3, -0.25) is 10.1 Å². The molecule has 12 heteroatoms. The number of carbonyl (C=O) groups is 1. The van der Waals surface area contributed by atoms with Crippen molar-refractivity contribution in [3.63, 3.8) is 0 Å². The van der Waals surface area contributed by atoms with Gasteiger partial charge in [0, 0.05) is 11.5 Å². The number of rotatable bonds is 12. The first-order valence-electron chi connectivity index (χ1n) is 11.2. The summed E-state index contributed by atoms with van der Waals surface area (Å²) in [5.41, 5.74) is 0.425. The summed E-state index contributed by atoms with van der Waals surface area (Å²) in [6, 6.07) is 15.9. The van der Waals surface area contributed by atoms with Crippen LogP contribution in [-0.2, 0) is 14.6 Å². The van der Waals surface area contributed by atoms with Gasteiger partial charge < -0.3 is 14.2 Å². The molecule has 0 saturated heterocycles. The Kier molecular flexibility index (Phi) is 9.59. The Morgan fingerprint density at radius 1 is 1.05 bits per heavy atom. The summed E-state index contributed by atoms with van der Waals surface area (Å²) >= 11 is 0.736. The molecule has 2 aromatic carbocycles. The number of ether oxygens (including phenoxy) is 3. The largest absolute Gasteiger partial charge is 0.497 e. The lowest BCUT2D eigenvalue weighted by Crippen LogP contribution is -2.15. The van der Waals surface area contributed by atoms with Crippen LogP contribution in [-0.4, -0.2) is 49.8 Å². The van der Waals surface area contributed by atoms with Gasteiger partial charge >= 0.3 is 0 Å². The number of carbonyl (C=O) groups excluding carboxylic acids is 1. The Morgan fingerprint density at radius 3 is 2.16 bits per heavy atom. The van der Waals surface area contributed by atoms with Crippen LogP contribution in [0, 0.1) is 17.2 Å². The third-order valence-corrected chi connectivity index (χ3v) is 7.29. The van der Waals surface area contributed by atoms with Crippen molar-refractivity contribution in [3.8, 4) is 23.3 Å². The lowest BCUT2D eigenvalue weighted by Gasteiger charge is -2.09. The van der Waals surface area contributed by atoms with Crippen LogP contribution < -0.4 is 19.5 Å². The van der Waals surface area contributed by atoms with E-state index >= 15 is 0 Å². The lowest BCUT2D eigenvalue weighted by atomic mass is 10.1. The number of nitrogens with zero attached hydrogens (tertiary/aromatic N) is 3. The average molecular weight is 543 g/mol. The van der Waals surface area contributed by atoms with E-state index in [9.17, 15) is 18.5 Å². The van der Waals surface area contributed by atoms with E-state index in [4.69, 9.17) is 14.2 Å². The highest BCUT2D eigenvalue weighted by Gasteiger charge is 2.23. The summed E-state index contributed by atoms with van der Waals surface area (Å²) in [7, 11) is -2.05. The summed E-state index contributed by atoms with van der Waals surface area (Å²) in [5.74, 6) is 1.13. The molecule has 37 heavy (non-hydrogen) atoms. The van der Waals surface area contributed by atoms with Crippen LogP contribution in [0.4, 0.5) is 5.13 Å². The summed E-state index contributed by atoms with van der Waals surface area (Å²) < 4.78 is 44.7. The first-order chi connectivity index (χ1) is 17.7. The molecule has 0 aliphatic carbocycles. The Morgan fingerprint density at radius 2 is 1.62 bits per heavy atom. The smallest absolute Gasteiger partial charge is 0.268 e. The van der Waals surface area contributed by atoms with Crippen molar-refractivity contribution in [2.75, 3.05) is 31.4 Å². The standard InChI is InChI=1S/C25H26N4O6S2/c1-17(2)16-37(31,32)25-28-24(36-29-25)27-23(30)19(15-26)14-18-4-6-21(7-5-18)34-12-13-35-22-10-8-20(33-3)9-11-22/h4-11,14,17H,12-13,16H2,1-3H3,(H,27,28,29,30)/b19-14-. The molecule has 0 atom stereocenters. The van der Waals surface area contributed by atoms with Gasteiger partial charge in [-0.2, -0.15) is 14.6 Å². The van der Waals surface area contributed by atoms with Gasteiger partial charge in [-0.15, -0.1) is 0 Å². The molecule has 0 radical (unpaired) electrons. The summed E-state index contributed by atoms with van der Waals surface area (Å²) in [5, 5.41) is 11.5. The number of methoxy groups -OCH3 is 1. The molecule has 0 spiro atoms. The molecule has 3 rings (SSSR count). The molecular formula is C25H26N4O6S2. The molecular weight excluding hydrogens is 516 g/mol. The van der Waals surface area contributed by atoms with E-state index in [2.05, 4.69) is 14.7 Å². The van der Waals surface area contributed by atoms with Gasteiger partial charge in [-0.05, 0) is 54.0 Å². The van der Waals surface area contributed by atoms with Crippen molar-refractivity contribution < 1.29 is 27.4 Å². The van der Waals surface area contributed by atoms with Crippen LogP contribution in [0.15, 0.2) is 59.3 Å². The minimum absolute atomic E-state index is 0.00547. The van der Waals surface area contributed by atoms with Gasteiger partial charge in [0.25, 0.3) is 11.1 Å². The van der Waals surface area contributed by atoms with Gasteiger partial charge in [-0.25, -0.2) is 8.42 Å². The second-order valence-electron chi connectivity index (χ2n) is 8.12. The Hall–Kier alpha value is -3.95. The summed E-state index contributed by atoms with van der Waals surface area (Å²) in [4.78, 5) is 16.4. The average Bonchev–Trinajstić information content (AvgIpc) is 3.35. The van der Waals surface area contributed by atoms with Crippen LogP contribution in [0.25, 0.3) is 6.08 Å². The van der Waals surface area contributed by atoms with Crippen molar-refractivity contribution in [3.05, 3.63) is 59.7 Å². The maximum absolute atomic E-state index is 12.5. The highest BCUT2D eigenvalue weighted by molar-refractivity contribution is 7.91. The van der Waals surface area contributed by atoms with E-state index in [-0.39, 0.29) is 27.5 Å². The second kappa shape index (κ2) is 12.8. The molecule has 1 aromatic heterocycles. The zero-order valence-corrected chi connectivity index (χ0v) is 22.1. The van der Waals surface area contributed by atoms with E-state index in [0.29, 0.717) is 30.3 Å². The van der Waals surface area contributed by atoms with Gasteiger partial charge in [0.2, 0.25) is 15.0 Å². The molecule has 1 N–H and O–H groups in total. The Balaban J connectivity index is 1.53. The topological polar surface area (TPSA) is 140 Å². The summed E-state index contributed by atoms with van der Waals surface area (Å²) in [6.45, 7) is 4.21. The highest BCUT2D eigenvalue weighted by Crippen LogP contribution is 2.20. The van der Waals surface area contributed by atoms with Gasteiger partial charge in [-0.1, -0.05) is 26.0 Å². The summed E-state index contributed by atoms with van der Waals surface area (Å²) in [6.07, 6.45) is 1.41. The maximum atomic E-state index is 12.5. The number of sulfone groups is 1. The van der Waals surface area contributed by atoms with E-state index in [1.165, 1.54) is 6.08 Å². The van der Waals surface area contributed by atoms with Gasteiger partial charge in [0.05, 0.1) is 12.9 Å². The maximum Gasteiger partial charge on any atom is 0.268 e. The fourth-order valence-corrected chi connectivity index (χ4v) is 5.38. The molecule has 0 unspecified atom stereocenters. The van der Waals surface area contributed by atoms with E-state index in [0.717, 1.165) is 17.3 Å². The monoisotopic (exact) mass is 542 g/mol. The molecule has 194 valence electrons. The van der Waals surface area contributed by atoms with Crippen LogP contribution in [0.2, 0.25) is 0 Å². The van der Waals surface area contributed by atoms with Crippen molar-refractivity contribution in [1.29, 1.82) is 5.26 Å². The molecule has 3 aromatic rings. The minimum Gasteiger partial charge on any atom is -0.497 e. The number of hydrogen-bond donors (Lipinski definition) is 1. The van der Waals surface area contributed by atoms with Gasteiger partial charge in [0.15, 0.2) is 0 Å². The van der Waals surface area contributed by atoms with Crippen molar-refractivity contribution in [2.24, 2.45) is 5.92 Å². The zero-order chi connectivity index (χ0) is 26.8. The van der Waals surface area contributed by atoms with Crippen molar-refractivity contribution in [2.45, 2.75) is 19.0 Å². The van der Waals surface area contributed by atoms with Crippen molar-refractivity contribution >= 4 is 38.5 Å². The fourth-order valence-electron chi connectivity index (χ4n) is 3.03. The number of nitrogens with one attached hydrogen (secondary N) is 1. The second-order valence-corrected chi connectivity index (χ2v) is 10.8. The number of benzene rings is 2. The molecule has 1 heterocycles. The molecule has 0 aliphatic rings. The quantitative estimate of drug-likeness (QED) is 0.204. The van der Waals surface area contributed by atoms with E-state index < -0.39 is 15.7 Å². The highest BCUT2D eigenvalue weighted by atomic mass is 32.2. The van der Waals surface area contributed by atoms with E-state index in [1.807, 2.05) is 30.3 Å². The van der Waals surface area contributed by atoms with Crippen LogP contribution >= 0.6 is 11.5 Å². The number of hydrogen-bond acceptors (Lipinski definition) is 10. The van der Waals surface area contributed by atoms with Crippen LogP contribution in [0.1, 0.15) is 19.4 Å². The number of anilines is 1. The fraction of sp³-hybridized carbons (Fsp3) is 0.280. The first kappa shape index (κ1) is 27.6. The Bertz CT molecular complexity index is 1380. The van der Waals surface area contributed by atoms with Gasteiger partial charge in [0.1, 0.15) is 42.1 Å².